The normalized spacial score (nSPS) is 11.7. The van der Waals surface area contributed by atoms with E-state index in [1.165, 1.54) is 21.5 Å². The van der Waals surface area contributed by atoms with E-state index in [-0.39, 0.29) is 0 Å². The minimum Gasteiger partial charge on any atom is -0.353 e. The molecule has 0 aliphatic rings. The second-order valence-corrected chi connectivity index (χ2v) is 10.2. The molecule has 0 unspecified atom stereocenters. The predicted molar refractivity (Wildman–Crippen MR) is 162 cm³/mol. The average molecular weight is 521 g/mol. The van der Waals surface area contributed by atoms with E-state index in [1.54, 1.807) is 0 Å². The molecule has 0 radical (unpaired) electrons. The molecule has 8 rings (SSSR count). The van der Waals surface area contributed by atoms with Crippen LogP contribution in [0, 0.1) is 0 Å². The molecule has 0 spiro atoms. The van der Waals surface area contributed by atoms with Gasteiger partial charge in [-0.2, -0.15) is 0 Å². The third-order valence-electron chi connectivity index (χ3n) is 7.43. The lowest BCUT2D eigenvalue weighted by molar-refractivity contribution is 1.05. The van der Waals surface area contributed by atoms with Gasteiger partial charge in [0, 0.05) is 49.3 Å². The van der Waals surface area contributed by atoms with Gasteiger partial charge in [0.2, 0.25) is 0 Å². The maximum absolute atomic E-state index is 6.21. The zero-order chi connectivity index (χ0) is 25.9. The van der Waals surface area contributed by atoms with E-state index in [0.29, 0.717) is 10.8 Å². The summed E-state index contributed by atoms with van der Waals surface area (Å²) in [5.74, 6) is 1.46. The van der Waals surface area contributed by atoms with Crippen LogP contribution in [0.1, 0.15) is 0 Å². The first-order chi connectivity index (χ1) is 19.2. The first kappa shape index (κ1) is 22.1. The van der Waals surface area contributed by atoms with Crippen molar-refractivity contribution in [3.8, 4) is 28.5 Å². The summed E-state index contributed by atoms with van der Waals surface area (Å²) in [6.07, 6.45) is 0. The number of rotatable bonds is 3. The van der Waals surface area contributed by atoms with Gasteiger partial charge >= 0.3 is 0 Å². The molecular weight excluding hydrogens is 500 g/mol. The van der Waals surface area contributed by atoms with Crippen LogP contribution in [0.2, 0.25) is 5.02 Å². The fourth-order valence-electron chi connectivity index (χ4n) is 5.64. The van der Waals surface area contributed by atoms with Crippen LogP contribution in [0.5, 0.6) is 0 Å². The highest BCUT2D eigenvalue weighted by Gasteiger charge is 2.19. The summed E-state index contributed by atoms with van der Waals surface area (Å²) in [6, 6.07) is 41.5. The molecule has 5 aromatic carbocycles. The Hall–Kier alpha value is -4.93. The standard InChI is InChI=1S/C34H21ClN4/c35-23-16-14-22(15-17-23)34-37-29(21-8-2-1-3-9-21)20-31(38-34)39-30-13-7-5-11-25(30)27-19-18-26-24-10-4-6-12-28(24)36-32(26)33(27)39/h1-20,36H. The van der Waals surface area contributed by atoms with Gasteiger partial charge in [0.05, 0.1) is 22.2 Å². The number of nitrogens with one attached hydrogen (secondary N) is 1. The first-order valence-corrected chi connectivity index (χ1v) is 13.3. The molecule has 0 bridgehead atoms. The van der Waals surface area contributed by atoms with Crippen molar-refractivity contribution in [2.45, 2.75) is 0 Å². The molecule has 0 aliphatic carbocycles. The number of aromatic amines is 1. The molecular formula is C34H21ClN4. The summed E-state index contributed by atoms with van der Waals surface area (Å²) in [4.78, 5) is 13.9. The van der Waals surface area contributed by atoms with E-state index >= 15 is 0 Å². The number of halogens is 1. The molecule has 1 N–H and O–H groups in total. The molecule has 4 nitrogen and oxygen atoms in total. The lowest BCUT2D eigenvalue weighted by Gasteiger charge is -2.12. The van der Waals surface area contributed by atoms with E-state index in [4.69, 9.17) is 21.6 Å². The summed E-state index contributed by atoms with van der Waals surface area (Å²) < 4.78 is 2.27. The van der Waals surface area contributed by atoms with Crippen LogP contribution in [0.3, 0.4) is 0 Å². The van der Waals surface area contributed by atoms with Gasteiger partial charge in [0.15, 0.2) is 5.82 Å². The zero-order valence-corrected chi connectivity index (χ0v) is 21.5. The number of para-hydroxylation sites is 2. The Morgan fingerprint density at radius 2 is 1.31 bits per heavy atom. The number of hydrogen-bond donors (Lipinski definition) is 1. The van der Waals surface area contributed by atoms with Crippen molar-refractivity contribution in [3.05, 3.63) is 126 Å². The van der Waals surface area contributed by atoms with Crippen molar-refractivity contribution >= 4 is 55.2 Å². The number of hydrogen-bond acceptors (Lipinski definition) is 2. The van der Waals surface area contributed by atoms with Gasteiger partial charge < -0.3 is 4.98 Å². The van der Waals surface area contributed by atoms with E-state index in [2.05, 4.69) is 88.4 Å². The molecule has 8 aromatic rings. The highest BCUT2D eigenvalue weighted by atomic mass is 35.5. The Labute approximate surface area is 229 Å². The van der Waals surface area contributed by atoms with Crippen molar-refractivity contribution in [1.29, 1.82) is 0 Å². The van der Waals surface area contributed by atoms with Crippen LogP contribution >= 0.6 is 11.6 Å². The Bertz CT molecular complexity index is 2170. The zero-order valence-electron chi connectivity index (χ0n) is 20.8. The summed E-state index contributed by atoms with van der Waals surface area (Å²) in [7, 11) is 0. The maximum Gasteiger partial charge on any atom is 0.162 e. The summed E-state index contributed by atoms with van der Waals surface area (Å²) in [6.45, 7) is 0. The van der Waals surface area contributed by atoms with Crippen LogP contribution in [-0.2, 0) is 0 Å². The number of benzene rings is 5. The fourth-order valence-corrected chi connectivity index (χ4v) is 5.77. The van der Waals surface area contributed by atoms with Gasteiger partial charge in [-0.3, -0.25) is 4.57 Å². The molecule has 5 heteroatoms. The molecule has 0 aliphatic heterocycles. The van der Waals surface area contributed by atoms with E-state index in [0.717, 1.165) is 44.7 Å². The van der Waals surface area contributed by atoms with Crippen molar-refractivity contribution < 1.29 is 0 Å². The third-order valence-corrected chi connectivity index (χ3v) is 7.68. The lowest BCUT2D eigenvalue weighted by atomic mass is 10.1. The maximum atomic E-state index is 6.21. The van der Waals surface area contributed by atoms with Crippen LogP contribution in [0.25, 0.3) is 72.1 Å². The molecule has 3 aromatic heterocycles. The van der Waals surface area contributed by atoms with Crippen LogP contribution in [0.15, 0.2) is 121 Å². The topological polar surface area (TPSA) is 46.5 Å². The number of fused-ring (bicyclic) bond motifs is 7. The number of nitrogens with zero attached hydrogens (tertiary/aromatic N) is 3. The molecule has 0 saturated carbocycles. The Morgan fingerprint density at radius 1 is 0.590 bits per heavy atom. The van der Waals surface area contributed by atoms with Gasteiger partial charge in [0.25, 0.3) is 0 Å². The summed E-state index contributed by atoms with van der Waals surface area (Å²) in [5, 5.41) is 5.44. The van der Waals surface area contributed by atoms with Crippen molar-refractivity contribution in [1.82, 2.24) is 19.5 Å². The van der Waals surface area contributed by atoms with Crippen LogP contribution < -0.4 is 0 Å². The van der Waals surface area contributed by atoms with Crippen LogP contribution in [0.4, 0.5) is 0 Å². The van der Waals surface area contributed by atoms with Crippen LogP contribution in [-0.4, -0.2) is 19.5 Å². The first-order valence-electron chi connectivity index (χ1n) is 12.9. The molecule has 0 saturated heterocycles. The Morgan fingerprint density at radius 3 is 2.15 bits per heavy atom. The average Bonchev–Trinajstić information content (AvgIpc) is 3.54. The lowest BCUT2D eigenvalue weighted by Crippen LogP contribution is -2.02. The van der Waals surface area contributed by atoms with E-state index in [9.17, 15) is 0 Å². The molecule has 0 atom stereocenters. The molecule has 3 heterocycles. The molecule has 39 heavy (non-hydrogen) atoms. The SMILES string of the molecule is Clc1ccc(-c2nc(-c3ccccc3)cc(-n3c4ccccc4c4ccc5c6ccccc6[nH]c5c43)n2)cc1. The smallest absolute Gasteiger partial charge is 0.162 e. The quantitative estimate of drug-likeness (QED) is 0.252. The second-order valence-electron chi connectivity index (χ2n) is 9.72. The van der Waals surface area contributed by atoms with E-state index < -0.39 is 0 Å². The Balaban J connectivity index is 1.51. The fraction of sp³-hybridized carbons (Fsp3) is 0. The van der Waals surface area contributed by atoms with Crippen molar-refractivity contribution in [2.75, 3.05) is 0 Å². The number of H-pyrrole nitrogens is 1. The number of aromatic nitrogens is 4. The van der Waals surface area contributed by atoms with Gasteiger partial charge in [0.1, 0.15) is 5.82 Å². The highest BCUT2D eigenvalue weighted by molar-refractivity contribution is 6.30. The highest BCUT2D eigenvalue weighted by Crippen LogP contribution is 2.39. The van der Waals surface area contributed by atoms with Gasteiger partial charge in [-0.25, -0.2) is 9.97 Å². The molecule has 0 amide bonds. The summed E-state index contributed by atoms with van der Waals surface area (Å²) in [5.41, 5.74) is 7.22. The van der Waals surface area contributed by atoms with Gasteiger partial charge in [-0.05, 0) is 36.4 Å². The predicted octanol–water partition coefficient (Wildman–Crippen LogP) is 9.20. The minimum absolute atomic E-state index is 0.651. The van der Waals surface area contributed by atoms with Crippen molar-refractivity contribution in [2.24, 2.45) is 0 Å². The monoisotopic (exact) mass is 520 g/mol. The van der Waals surface area contributed by atoms with Gasteiger partial charge in [-0.15, -0.1) is 0 Å². The van der Waals surface area contributed by atoms with E-state index in [1.807, 2.05) is 42.5 Å². The minimum atomic E-state index is 0.651. The Kier molecular flexibility index (Phi) is 4.84. The van der Waals surface area contributed by atoms with Gasteiger partial charge in [-0.1, -0.05) is 90.5 Å². The largest absolute Gasteiger partial charge is 0.353 e. The summed E-state index contributed by atoms with van der Waals surface area (Å²) >= 11 is 6.21. The molecule has 184 valence electrons. The third kappa shape index (κ3) is 3.46. The second kappa shape index (κ2) is 8.55. The van der Waals surface area contributed by atoms with Crippen molar-refractivity contribution in [3.63, 3.8) is 0 Å². The molecule has 0 fully saturated rings.